The standard InChI is InChI=1S/C37H31NO4S/c39-35(40)34(38-36(41)42-24-33-31-22-12-10-20-29(31)30-21-11-13-23-32(30)33)25-43-37(26-14-4-1-5-15-26,27-16-6-2-7-17-27)28-18-8-3-9-19-28/h1-23,33-34H,24-25H2,(H,38,41)(H,39,40)/t34-/m0/s1/i25+1,34+1,35+1,38+1. The van der Waals surface area contributed by atoms with E-state index >= 15 is 0 Å². The van der Waals surface area contributed by atoms with E-state index in [2.05, 4.69) is 53.8 Å². The monoisotopic (exact) mass is 589 g/mol. The number of carboxylic acid groups (broad SMARTS) is 1. The van der Waals surface area contributed by atoms with E-state index in [4.69, 9.17) is 4.74 Å². The molecule has 0 aliphatic heterocycles. The van der Waals surface area contributed by atoms with Crippen LogP contribution < -0.4 is 5.32 Å². The summed E-state index contributed by atoms with van der Waals surface area (Å²) in [5.41, 5.74) is 7.51. The van der Waals surface area contributed by atoms with Gasteiger partial charge in [0, 0.05) is 11.7 Å². The lowest BCUT2D eigenvalue weighted by molar-refractivity contribution is -0.138. The number of carboxylic acids is 1. The predicted octanol–water partition coefficient (Wildman–Crippen LogP) is 7.70. The van der Waals surface area contributed by atoms with E-state index in [1.54, 1.807) is 0 Å². The van der Waals surface area contributed by atoms with Gasteiger partial charge >= 0.3 is 12.1 Å². The summed E-state index contributed by atoms with van der Waals surface area (Å²) in [7, 11) is 0. The van der Waals surface area contributed by atoms with Crippen LogP contribution in [0.1, 0.15) is 33.7 Å². The van der Waals surface area contributed by atoms with Crippen molar-refractivity contribution < 1.29 is 19.4 Å². The Labute approximate surface area is 255 Å². The van der Waals surface area contributed by atoms with Gasteiger partial charge in [0.2, 0.25) is 0 Å². The van der Waals surface area contributed by atoms with Crippen LogP contribution in [-0.4, -0.2) is 35.6 Å². The Kier molecular flexibility index (Phi) is 8.29. The highest BCUT2D eigenvalue weighted by molar-refractivity contribution is 8.00. The van der Waals surface area contributed by atoms with E-state index in [9.17, 15) is 14.7 Å². The molecule has 1 aliphatic rings. The van der Waals surface area contributed by atoms with E-state index in [-0.39, 0.29) is 18.3 Å². The highest BCUT2D eigenvalue weighted by Crippen LogP contribution is 2.49. The number of nitrogens with one attached hydrogen (secondary N) is 1. The van der Waals surface area contributed by atoms with Crippen molar-refractivity contribution in [2.24, 2.45) is 0 Å². The Morgan fingerprint density at radius 3 is 1.53 bits per heavy atom. The van der Waals surface area contributed by atoms with Crippen LogP contribution in [0.15, 0.2) is 140 Å². The van der Waals surface area contributed by atoms with Crippen LogP contribution in [0.3, 0.4) is 0 Å². The topological polar surface area (TPSA) is 75.6 Å². The lowest BCUT2D eigenvalue weighted by atomic mass is 9.84. The summed E-state index contributed by atoms with van der Waals surface area (Å²) < 4.78 is 4.98. The molecule has 0 fully saturated rings. The smallest absolute Gasteiger partial charge is 0.407 e. The van der Waals surface area contributed by atoms with Crippen molar-refractivity contribution >= 4 is 23.8 Å². The molecule has 0 unspecified atom stereocenters. The van der Waals surface area contributed by atoms with Crippen LogP contribution in [0.4, 0.5) is 4.79 Å². The molecule has 0 aromatic heterocycles. The zero-order valence-electron chi connectivity index (χ0n) is 23.4. The van der Waals surface area contributed by atoms with Crippen molar-refractivity contribution in [3.05, 3.63) is 167 Å². The molecule has 6 rings (SSSR count). The van der Waals surface area contributed by atoms with Crippen LogP contribution in [0.2, 0.25) is 0 Å². The minimum Gasteiger partial charge on any atom is -0.480 e. The SMILES string of the molecule is O=C([15NH][13C@@H]([13CH2]SC(c1ccccc1)(c1ccccc1)c1ccccc1)[13C](=O)O)OCC1c2ccccc2-c2ccccc21. The Hall–Kier alpha value is -4.81. The molecule has 2 N–H and O–H groups in total. The summed E-state index contributed by atoms with van der Waals surface area (Å²) in [6.45, 7) is 0.112. The third-order valence-corrected chi connectivity index (χ3v) is 9.58. The second kappa shape index (κ2) is 12.6. The number of aliphatic carboxylic acids is 1. The first-order valence-electron chi connectivity index (χ1n) is 14.2. The minimum atomic E-state index is -1.17. The first-order valence-corrected chi connectivity index (χ1v) is 15.2. The molecule has 5 aromatic rings. The molecule has 6 heteroatoms. The molecule has 0 saturated heterocycles. The number of ether oxygens (including phenoxy) is 1. The maximum absolute atomic E-state index is 13.1. The third-order valence-electron chi connectivity index (χ3n) is 7.94. The third kappa shape index (κ3) is 5.66. The zero-order valence-corrected chi connectivity index (χ0v) is 24.2. The van der Waals surface area contributed by atoms with Gasteiger partial charge in [-0.3, -0.25) is 0 Å². The molecule has 1 atom stereocenters. The molecule has 0 radical (unpaired) electrons. The second-order valence-electron chi connectivity index (χ2n) is 10.5. The number of alkyl carbamates (subject to hydrolysis) is 1. The van der Waals surface area contributed by atoms with E-state index in [0.717, 1.165) is 38.9 Å². The van der Waals surface area contributed by atoms with Gasteiger partial charge in [0.25, 0.3) is 0 Å². The van der Waals surface area contributed by atoms with Crippen LogP contribution in [0.5, 0.6) is 0 Å². The molecule has 43 heavy (non-hydrogen) atoms. The first kappa shape index (κ1) is 28.3. The van der Waals surface area contributed by atoms with Crippen molar-refractivity contribution in [1.82, 2.24) is 5.32 Å². The lowest BCUT2D eigenvalue weighted by Crippen LogP contribution is -2.44. The summed E-state index contributed by atoms with van der Waals surface area (Å²) in [5, 5.41) is 12.8. The Bertz CT molecular complexity index is 1570. The molecule has 1 aliphatic carbocycles. The Morgan fingerprint density at radius 2 is 1.09 bits per heavy atom. The molecule has 0 saturated carbocycles. The largest absolute Gasteiger partial charge is 0.480 e. The molecular weight excluding hydrogens is 558 g/mol. The fraction of sp³-hybridized carbons (Fsp3) is 0.135. The number of rotatable bonds is 10. The summed E-state index contributed by atoms with van der Waals surface area (Å²) in [4.78, 5) is 25.5. The quantitative estimate of drug-likeness (QED) is 0.0992. The number of hydrogen-bond acceptors (Lipinski definition) is 4. The first-order chi connectivity index (χ1) is 21.1. The van der Waals surface area contributed by atoms with Crippen molar-refractivity contribution in [2.45, 2.75) is 16.7 Å². The summed E-state index contributed by atoms with van der Waals surface area (Å²) in [6.07, 6.45) is -0.750. The highest BCUT2D eigenvalue weighted by atomic mass is 32.2. The van der Waals surface area contributed by atoms with Crippen molar-refractivity contribution in [3.63, 3.8) is 0 Å². The fourth-order valence-electron chi connectivity index (χ4n) is 5.93. The lowest BCUT2D eigenvalue weighted by Gasteiger charge is -2.36. The molecule has 0 bridgehead atoms. The number of amides is 1. The van der Waals surface area contributed by atoms with Gasteiger partial charge in [0.15, 0.2) is 0 Å². The Morgan fingerprint density at radius 1 is 0.674 bits per heavy atom. The van der Waals surface area contributed by atoms with Crippen LogP contribution in [0.25, 0.3) is 11.1 Å². The molecule has 1 amide bonds. The van der Waals surface area contributed by atoms with Gasteiger partial charge in [-0.15, -0.1) is 11.8 Å². The van der Waals surface area contributed by atoms with Gasteiger partial charge < -0.3 is 15.2 Å². The van der Waals surface area contributed by atoms with Gasteiger partial charge in [0.1, 0.15) is 12.6 Å². The summed E-state index contributed by atoms with van der Waals surface area (Å²) >= 11 is 1.48. The molecule has 214 valence electrons. The van der Waals surface area contributed by atoms with Crippen molar-refractivity contribution in [3.8, 4) is 11.1 Å². The van der Waals surface area contributed by atoms with Gasteiger partial charge in [-0.05, 0) is 38.9 Å². The number of fused-ring (bicyclic) bond motifs is 3. The normalized spacial score (nSPS) is 13.0. The second-order valence-corrected chi connectivity index (χ2v) is 11.7. The van der Waals surface area contributed by atoms with E-state index in [0.29, 0.717) is 0 Å². The van der Waals surface area contributed by atoms with Crippen molar-refractivity contribution in [2.75, 3.05) is 12.4 Å². The van der Waals surface area contributed by atoms with Gasteiger partial charge in [-0.2, -0.15) is 0 Å². The summed E-state index contributed by atoms with van der Waals surface area (Å²) in [6, 6.07) is 45.2. The van der Waals surface area contributed by atoms with Gasteiger partial charge in [0.05, 0.1) is 4.75 Å². The average molecular weight is 590 g/mol. The van der Waals surface area contributed by atoms with E-state index in [1.165, 1.54) is 11.8 Å². The highest BCUT2D eigenvalue weighted by Gasteiger charge is 2.39. The number of thioether (sulfide) groups is 1. The maximum Gasteiger partial charge on any atom is 0.407 e. The van der Waals surface area contributed by atoms with Gasteiger partial charge in [-0.25, -0.2) is 9.59 Å². The average Bonchev–Trinajstić information content (AvgIpc) is 3.38. The Balaban J connectivity index is 1.23. The number of hydrogen-bond donors (Lipinski definition) is 2. The summed E-state index contributed by atoms with van der Waals surface area (Å²) in [5.74, 6) is -1.13. The van der Waals surface area contributed by atoms with Gasteiger partial charge in [-0.1, -0.05) is 140 Å². The van der Waals surface area contributed by atoms with Crippen LogP contribution >= 0.6 is 11.8 Å². The number of carbonyl (C=O) groups is 2. The molecular formula is C37H31NO4S. The molecule has 0 heterocycles. The number of benzene rings is 5. The molecule has 5 aromatic carbocycles. The fourth-order valence-corrected chi connectivity index (χ4v) is 7.48. The molecule has 0 spiro atoms. The van der Waals surface area contributed by atoms with Crippen LogP contribution in [0, 0.1) is 0 Å². The predicted molar refractivity (Wildman–Crippen MR) is 171 cm³/mol. The van der Waals surface area contributed by atoms with Crippen LogP contribution in [-0.2, 0) is 14.3 Å². The van der Waals surface area contributed by atoms with Crippen molar-refractivity contribution in [1.29, 1.82) is 0 Å². The molecule has 5 nitrogen and oxygen atoms in total. The minimum absolute atomic E-state index is 0.109. The zero-order chi connectivity index (χ0) is 29.6. The van der Waals surface area contributed by atoms with E-state index in [1.807, 2.05) is 91.0 Å². The van der Waals surface area contributed by atoms with E-state index < -0.39 is 22.9 Å². The maximum atomic E-state index is 13.1. The number of carbonyl (C=O) groups excluding carboxylic acids is 1.